The monoisotopic (exact) mass is 355 g/mol. The van der Waals surface area contributed by atoms with Gasteiger partial charge in [-0.15, -0.1) is 23.7 Å². The van der Waals surface area contributed by atoms with Crippen LogP contribution in [-0.2, 0) is 0 Å². The Bertz CT molecular complexity index is 560. The third kappa shape index (κ3) is 6.15. The summed E-state index contributed by atoms with van der Waals surface area (Å²) in [5.74, 6) is 1.27. The van der Waals surface area contributed by atoms with E-state index in [4.69, 9.17) is 4.74 Å². The SMILES string of the molecule is CC(C)c1ccccc1OCC(O)CNC(C)c1cccs1.Cl. The first-order valence-corrected chi connectivity index (χ1v) is 8.62. The van der Waals surface area contributed by atoms with Gasteiger partial charge in [-0.1, -0.05) is 38.1 Å². The van der Waals surface area contributed by atoms with E-state index in [1.54, 1.807) is 11.3 Å². The quantitative estimate of drug-likeness (QED) is 0.738. The van der Waals surface area contributed by atoms with Crippen LogP contribution in [0.3, 0.4) is 0 Å². The molecule has 0 amide bonds. The van der Waals surface area contributed by atoms with Crippen molar-refractivity contribution in [3.63, 3.8) is 0 Å². The molecule has 0 radical (unpaired) electrons. The van der Waals surface area contributed by atoms with Crippen LogP contribution in [0.15, 0.2) is 41.8 Å². The lowest BCUT2D eigenvalue weighted by atomic mass is 10.0. The molecule has 0 aliphatic heterocycles. The Morgan fingerprint density at radius 3 is 2.52 bits per heavy atom. The average Bonchev–Trinajstić information content (AvgIpc) is 3.05. The Morgan fingerprint density at radius 2 is 1.87 bits per heavy atom. The largest absolute Gasteiger partial charge is 0.491 e. The predicted molar refractivity (Wildman–Crippen MR) is 100 cm³/mol. The third-order valence-corrected chi connectivity index (χ3v) is 4.66. The minimum absolute atomic E-state index is 0. The number of rotatable bonds is 8. The van der Waals surface area contributed by atoms with E-state index in [1.807, 2.05) is 24.3 Å². The van der Waals surface area contributed by atoms with Gasteiger partial charge in [-0.05, 0) is 35.9 Å². The van der Waals surface area contributed by atoms with E-state index in [9.17, 15) is 5.11 Å². The number of para-hydroxylation sites is 1. The van der Waals surface area contributed by atoms with Crippen molar-refractivity contribution in [3.05, 3.63) is 52.2 Å². The molecule has 0 aliphatic rings. The fourth-order valence-corrected chi connectivity index (χ4v) is 3.04. The van der Waals surface area contributed by atoms with Crippen LogP contribution in [-0.4, -0.2) is 24.4 Å². The van der Waals surface area contributed by atoms with Crippen LogP contribution in [0.1, 0.15) is 43.2 Å². The number of aliphatic hydroxyl groups is 1. The Hall–Kier alpha value is -1.07. The summed E-state index contributed by atoms with van der Waals surface area (Å²) < 4.78 is 5.80. The van der Waals surface area contributed by atoms with Crippen molar-refractivity contribution in [2.75, 3.05) is 13.2 Å². The molecular formula is C18H26ClNO2S. The van der Waals surface area contributed by atoms with E-state index >= 15 is 0 Å². The summed E-state index contributed by atoms with van der Waals surface area (Å²) in [5.41, 5.74) is 1.18. The summed E-state index contributed by atoms with van der Waals surface area (Å²) >= 11 is 1.72. The molecule has 3 nitrogen and oxygen atoms in total. The normalized spacial score (nSPS) is 13.4. The molecule has 0 fully saturated rings. The van der Waals surface area contributed by atoms with Crippen molar-refractivity contribution in [1.82, 2.24) is 5.32 Å². The number of nitrogens with one attached hydrogen (secondary N) is 1. The van der Waals surface area contributed by atoms with Crippen molar-refractivity contribution >= 4 is 23.7 Å². The highest BCUT2D eigenvalue weighted by Gasteiger charge is 2.12. The third-order valence-electron chi connectivity index (χ3n) is 3.60. The number of hydrogen-bond acceptors (Lipinski definition) is 4. The van der Waals surface area contributed by atoms with Crippen LogP contribution in [0.2, 0.25) is 0 Å². The zero-order valence-electron chi connectivity index (χ0n) is 13.9. The zero-order valence-corrected chi connectivity index (χ0v) is 15.5. The molecule has 2 rings (SSSR count). The Morgan fingerprint density at radius 1 is 1.13 bits per heavy atom. The molecule has 0 saturated heterocycles. The van der Waals surface area contributed by atoms with Gasteiger partial charge < -0.3 is 15.2 Å². The van der Waals surface area contributed by atoms with Gasteiger partial charge in [0.2, 0.25) is 0 Å². The van der Waals surface area contributed by atoms with Crippen molar-refractivity contribution in [3.8, 4) is 5.75 Å². The fourth-order valence-electron chi connectivity index (χ4n) is 2.28. The molecule has 2 unspecified atom stereocenters. The van der Waals surface area contributed by atoms with Crippen molar-refractivity contribution in [2.45, 2.75) is 38.8 Å². The molecule has 23 heavy (non-hydrogen) atoms. The van der Waals surface area contributed by atoms with Gasteiger partial charge >= 0.3 is 0 Å². The molecule has 128 valence electrons. The molecule has 0 aliphatic carbocycles. The molecular weight excluding hydrogens is 330 g/mol. The molecule has 0 spiro atoms. The highest BCUT2D eigenvalue weighted by Crippen LogP contribution is 2.25. The van der Waals surface area contributed by atoms with Crippen molar-refractivity contribution in [2.24, 2.45) is 0 Å². The minimum atomic E-state index is -0.525. The van der Waals surface area contributed by atoms with Crippen LogP contribution in [0.25, 0.3) is 0 Å². The Kier molecular flexibility index (Phi) is 8.63. The lowest BCUT2D eigenvalue weighted by Crippen LogP contribution is -2.32. The first-order valence-electron chi connectivity index (χ1n) is 7.74. The second kappa shape index (κ2) is 9.93. The Labute approximate surface area is 149 Å². The number of halogens is 1. The molecule has 1 aromatic carbocycles. The lowest BCUT2D eigenvalue weighted by Gasteiger charge is -2.18. The number of aliphatic hydroxyl groups excluding tert-OH is 1. The second-order valence-electron chi connectivity index (χ2n) is 5.80. The molecule has 5 heteroatoms. The second-order valence-corrected chi connectivity index (χ2v) is 6.78. The molecule has 2 N–H and O–H groups in total. The van der Waals surface area contributed by atoms with Gasteiger partial charge in [0.15, 0.2) is 0 Å². The van der Waals surface area contributed by atoms with E-state index in [-0.39, 0.29) is 18.4 Å². The van der Waals surface area contributed by atoms with Crippen LogP contribution >= 0.6 is 23.7 Å². The van der Waals surface area contributed by atoms with E-state index < -0.39 is 6.10 Å². The molecule has 1 heterocycles. The molecule has 2 atom stereocenters. The van der Waals surface area contributed by atoms with Gasteiger partial charge in [-0.25, -0.2) is 0 Å². The zero-order chi connectivity index (χ0) is 15.9. The van der Waals surface area contributed by atoms with Gasteiger partial charge in [-0.3, -0.25) is 0 Å². The van der Waals surface area contributed by atoms with Gasteiger partial charge in [0.05, 0.1) is 0 Å². The van der Waals surface area contributed by atoms with E-state index in [0.717, 1.165) is 5.75 Å². The van der Waals surface area contributed by atoms with Gasteiger partial charge in [0.1, 0.15) is 18.5 Å². The highest BCUT2D eigenvalue weighted by atomic mass is 35.5. The lowest BCUT2D eigenvalue weighted by molar-refractivity contribution is 0.103. The number of benzene rings is 1. The molecule has 0 bridgehead atoms. The average molecular weight is 356 g/mol. The number of hydrogen-bond donors (Lipinski definition) is 2. The summed E-state index contributed by atoms with van der Waals surface area (Å²) in [6, 6.07) is 12.4. The predicted octanol–water partition coefficient (Wildman–Crippen LogP) is 4.38. The first kappa shape index (κ1) is 20.0. The van der Waals surface area contributed by atoms with E-state index in [0.29, 0.717) is 19.1 Å². The fraction of sp³-hybridized carbons (Fsp3) is 0.444. The first-order chi connectivity index (χ1) is 10.6. The molecule has 1 aromatic heterocycles. The van der Waals surface area contributed by atoms with Crippen LogP contribution in [0, 0.1) is 0 Å². The van der Waals surface area contributed by atoms with Gasteiger partial charge in [0, 0.05) is 17.5 Å². The van der Waals surface area contributed by atoms with E-state index in [1.165, 1.54) is 10.4 Å². The highest BCUT2D eigenvalue weighted by molar-refractivity contribution is 7.10. The van der Waals surface area contributed by atoms with Crippen LogP contribution < -0.4 is 10.1 Å². The summed E-state index contributed by atoms with van der Waals surface area (Å²) in [6.07, 6.45) is -0.525. The number of thiophene rings is 1. The van der Waals surface area contributed by atoms with Crippen LogP contribution in [0.5, 0.6) is 5.75 Å². The number of ether oxygens (including phenoxy) is 1. The topological polar surface area (TPSA) is 41.5 Å². The smallest absolute Gasteiger partial charge is 0.122 e. The van der Waals surface area contributed by atoms with Crippen molar-refractivity contribution in [1.29, 1.82) is 0 Å². The van der Waals surface area contributed by atoms with Crippen molar-refractivity contribution < 1.29 is 9.84 Å². The summed E-state index contributed by atoms with van der Waals surface area (Å²) in [4.78, 5) is 1.28. The summed E-state index contributed by atoms with van der Waals surface area (Å²) in [6.45, 7) is 7.20. The maximum Gasteiger partial charge on any atom is 0.122 e. The molecule has 2 aromatic rings. The Balaban J connectivity index is 0.00000264. The standard InChI is InChI=1S/C18H25NO2S.ClH/c1-13(2)16-7-4-5-8-17(16)21-12-15(20)11-19-14(3)18-9-6-10-22-18;/h4-10,13-15,19-20H,11-12H2,1-3H3;1H. The maximum atomic E-state index is 10.1. The maximum absolute atomic E-state index is 10.1. The summed E-state index contributed by atoms with van der Waals surface area (Å²) in [7, 11) is 0. The molecule has 0 saturated carbocycles. The van der Waals surface area contributed by atoms with Gasteiger partial charge in [0.25, 0.3) is 0 Å². The van der Waals surface area contributed by atoms with E-state index in [2.05, 4.69) is 43.6 Å². The summed E-state index contributed by atoms with van der Waals surface area (Å²) in [5, 5.41) is 15.5. The minimum Gasteiger partial charge on any atom is -0.491 e. The van der Waals surface area contributed by atoms with Crippen LogP contribution in [0.4, 0.5) is 0 Å². The van der Waals surface area contributed by atoms with Gasteiger partial charge in [-0.2, -0.15) is 0 Å².